The molecule has 0 fully saturated rings. The van der Waals surface area contributed by atoms with Crippen LogP contribution in [0.3, 0.4) is 0 Å². The van der Waals surface area contributed by atoms with E-state index in [4.69, 9.17) is 0 Å². The van der Waals surface area contributed by atoms with Gasteiger partial charge in [-0.2, -0.15) is 5.10 Å². The fourth-order valence-electron chi connectivity index (χ4n) is 1.43. The molecule has 0 bridgehead atoms. The number of hydrogen-bond donors (Lipinski definition) is 1. The molecule has 96 valence electrons. The molecule has 2 aromatic heterocycles. The van der Waals surface area contributed by atoms with Crippen molar-refractivity contribution in [2.45, 2.75) is 26.2 Å². The average molecular weight is 310 g/mol. The van der Waals surface area contributed by atoms with Gasteiger partial charge in [0.1, 0.15) is 16.2 Å². The van der Waals surface area contributed by atoms with E-state index >= 15 is 0 Å². The molecule has 2 heterocycles. The van der Waals surface area contributed by atoms with Crippen LogP contribution in [0.5, 0.6) is 0 Å². The van der Waals surface area contributed by atoms with Gasteiger partial charge in [-0.15, -0.1) is 0 Å². The quantitative estimate of drug-likeness (QED) is 0.866. The van der Waals surface area contributed by atoms with Crippen LogP contribution in [0.4, 0.5) is 11.6 Å². The molecule has 5 nitrogen and oxygen atoms in total. The summed E-state index contributed by atoms with van der Waals surface area (Å²) in [6.45, 7) is 6.25. The molecule has 0 spiro atoms. The zero-order valence-corrected chi connectivity index (χ0v) is 12.5. The van der Waals surface area contributed by atoms with E-state index < -0.39 is 0 Å². The Morgan fingerprint density at radius 3 is 2.50 bits per heavy atom. The fraction of sp³-hybridized carbons (Fsp3) is 0.417. The second-order valence-corrected chi connectivity index (χ2v) is 5.96. The Morgan fingerprint density at radius 1 is 1.22 bits per heavy atom. The molecule has 0 amide bonds. The standard InChI is InChI=1S/C12H16BrN5/c1-12(2,3)11-14-8(13)7-10(16-11)15-9-5-6-18(4)17-9/h5-7H,1-4H3,(H,14,15,16,17). The Bertz CT molecular complexity index is 556. The molecular weight excluding hydrogens is 294 g/mol. The van der Waals surface area contributed by atoms with Gasteiger partial charge in [0.15, 0.2) is 5.82 Å². The molecule has 1 N–H and O–H groups in total. The molecule has 0 saturated heterocycles. The fourth-order valence-corrected chi connectivity index (χ4v) is 1.81. The summed E-state index contributed by atoms with van der Waals surface area (Å²) < 4.78 is 2.50. The lowest BCUT2D eigenvalue weighted by molar-refractivity contribution is 0.544. The van der Waals surface area contributed by atoms with E-state index in [-0.39, 0.29) is 5.41 Å². The van der Waals surface area contributed by atoms with Crippen molar-refractivity contribution in [1.82, 2.24) is 19.7 Å². The van der Waals surface area contributed by atoms with Crippen LogP contribution in [0.15, 0.2) is 22.9 Å². The predicted molar refractivity (Wildman–Crippen MR) is 74.9 cm³/mol. The Morgan fingerprint density at radius 2 is 1.94 bits per heavy atom. The lowest BCUT2D eigenvalue weighted by Gasteiger charge is -2.17. The third kappa shape index (κ3) is 3.07. The van der Waals surface area contributed by atoms with Crippen LogP contribution in [-0.4, -0.2) is 19.7 Å². The molecule has 2 aromatic rings. The van der Waals surface area contributed by atoms with Gasteiger partial charge >= 0.3 is 0 Å². The smallest absolute Gasteiger partial charge is 0.153 e. The molecule has 6 heteroatoms. The van der Waals surface area contributed by atoms with Crippen molar-refractivity contribution in [2.75, 3.05) is 5.32 Å². The highest BCUT2D eigenvalue weighted by Crippen LogP contribution is 2.23. The van der Waals surface area contributed by atoms with Gasteiger partial charge in [-0.1, -0.05) is 20.8 Å². The zero-order chi connectivity index (χ0) is 13.3. The van der Waals surface area contributed by atoms with Gasteiger partial charge in [-0.05, 0) is 15.9 Å². The Balaban J connectivity index is 2.31. The molecular formula is C12H16BrN5. The Hall–Kier alpha value is -1.43. The molecule has 0 unspecified atom stereocenters. The van der Waals surface area contributed by atoms with Crippen molar-refractivity contribution >= 4 is 27.6 Å². The summed E-state index contributed by atoms with van der Waals surface area (Å²) in [5, 5.41) is 7.42. The summed E-state index contributed by atoms with van der Waals surface area (Å²) in [5.41, 5.74) is -0.0929. The van der Waals surface area contributed by atoms with E-state index in [0.717, 1.165) is 22.1 Å². The van der Waals surface area contributed by atoms with E-state index in [1.807, 2.05) is 25.4 Å². The van der Waals surface area contributed by atoms with E-state index in [2.05, 4.69) is 57.1 Å². The molecule has 2 rings (SSSR count). The molecule has 0 aliphatic carbocycles. The first-order valence-electron chi connectivity index (χ1n) is 5.66. The summed E-state index contributed by atoms with van der Waals surface area (Å²) in [4.78, 5) is 8.90. The Labute approximate surface area is 115 Å². The third-order valence-electron chi connectivity index (χ3n) is 2.34. The SMILES string of the molecule is Cn1ccc(Nc2cc(Br)nc(C(C)(C)C)n2)n1. The maximum Gasteiger partial charge on any atom is 0.153 e. The highest BCUT2D eigenvalue weighted by molar-refractivity contribution is 9.10. The zero-order valence-electron chi connectivity index (χ0n) is 10.9. The first-order valence-corrected chi connectivity index (χ1v) is 6.45. The van der Waals surface area contributed by atoms with Crippen molar-refractivity contribution in [3.8, 4) is 0 Å². The van der Waals surface area contributed by atoms with Crippen LogP contribution in [-0.2, 0) is 12.5 Å². The van der Waals surface area contributed by atoms with Crippen molar-refractivity contribution in [3.63, 3.8) is 0 Å². The summed E-state index contributed by atoms with van der Waals surface area (Å²) >= 11 is 3.41. The van der Waals surface area contributed by atoms with Crippen molar-refractivity contribution < 1.29 is 0 Å². The molecule has 18 heavy (non-hydrogen) atoms. The maximum atomic E-state index is 4.51. The first-order chi connectivity index (χ1) is 8.34. The maximum absolute atomic E-state index is 4.51. The first kappa shape index (κ1) is 13.0. The molecule has 0 aromatic carbocycles. The molecule has 0 radical (unpaired) electrons. The average Bonchev–Trinajstić information content (AvgIpc) is 2.61. The number of hydrogen-bond acceptors (Lipinski definition) is 4. The van der Waals surface area contributed by atoms with Crippen molar-refractivity contribution in [1.29, 1.82) is 0 Å². The van der Waals surface area contributed by atoms with E-state index in [1.54, 1.807) is 4.68 Å². The van der Waals surface area contributed by atoms with Crippen LogP contribution < -0.4 is 5.32 Å². The highest BCUT2D eigenvalue weighted by Gasteiger charge is 2.18. The van der Waals surface area contributed by atoms with E-state index in [9.17, 15) is 0 Å². The van der Waals surface area contributed by atoms with E-state index in [0.29, 0.717) is 0 Å². The summed E-state index contributed by atoms with van der Waals surface area (Å²) in [6, 6.07) is 3.73. The van der Waals surface area contributed by atoms with Crippen LogP contribution >= 0.6 is 15.9 Å². The number of aromatic nitrogens is 4. The van der Waals surface area contributed by atoms with Gasteiger partial charge in [-0.3, -0.25) is 4.68 Å². The molecule has 0 saturated carbocycles. The van der Waals surface area contributed by atoms with E-state index in [1.165, 1.54) is 0 Å². The second kappa shape index (κ2) is 4.68. The Kier molecular flexibility index (Phi) is 3.38. The van der Waals surface area contributed by atoms with Gasteiger partial charge in [-0.25, -0.2) is 9.97 Å². The van der Waals surface area contributed by atoms with Gasteiger partial charge < -0.3 is 5.32 Å². The van der Waals surface area contributed by atoms with Crippen molar-refractivity contribution in [2.24, 2.45) is 7.05 Å². The minimum absolute atomic E-state index is 0.0929. The van der Waals surface area contributed by atoms with Crippen molar-refractivity contribution in [3.05, 3.63) is 28.8 Å². The topological polar surface area (TPSA) is 55.6 Å². The molecule has 0 aliphatic rings. The second-order valence-electron chi connectivity index (χ2n) is 5.15. The van der Waals surface area contributed by atoms with Crippen LogP contribution in [0, 0.1) is 0 Å². The largest absolute Gasteiger partial charge is 0.323 e. The monoisotopic (exact) mass is 309 g/mol. The summed E-state index contributed by atoms with van der Waals surface area (Å²) in [5.74, 6) is 2.29. The van der Waals surface area contributed by atoms with Gasteiger partial charge in [0.25, 0.3) is 0 Å². The van der Waals surface area contributed by atoms with Gasteiger partial charge in [0, 0.05) is 30.8 Å². The molecule has 0 aliphatic heterocycles. The van der Waals surface area contributed by atoms with Crippen LogP contribution in [0.2, 0.25) is 0 Å². The van der Waals surface area contributed by atoms with Crippen LogP contribution in [0.1, 0.15) is 26.6 Å². The van der Waals surface area contributed by atoms with Crippen LogP contribution in [0.25, 0.3) is 0 Å². The number of nitrogens with one attached hydrogen (secondary N) is 1. The normalized spacial score (nSPS) is 11.6. The van der Waals surface area contributed by atoms with Gasteiger partial charge in [0.2, 0.25) is 0 Å². The number of anilines is 2. The number of nitrogens with zero attached hydrogens (tertiary/aromatic N) is 4. The minimum atomic E-state index is -0.0929. The molecule has 0 atom stereocenters. The summed E-state index contributed by atoms with van der Waals surface area (Å²) in [7, 11) is 1.88. The highest BCUT2D eigenvalue weighted by atomic mass is 79.9. The number of aryl methyl sites for hydroxylation is 1. The lowest BCUT2D eigenvalue weighted by atomic mass is 9.96. The number of rotatable bonds is 2. The minimum Gasteiger partial charge on any atom is -0.323 e. The third-order valence-corrected chi connectivity index (χ3v) is 2.74. The van der Waals surface area contributed by atoms with Gasteiger partial charge in [0.05, 0.1) is 0 Å². The summed E-state index contributed by atoms with van der Waals surface area (Å²) in [6.07, 6.45) is 1.88. The predicted octanol–water partition coefficient (Wildman–Crippen LogP) is 3.01. The number of halogens is 1. The lowest BCUT2D eigenvalue weighted by Crippen LogP contribution is -2.17.